The first-order chi connectivity index (χ1) is 18.0. The summed E-state index contributed by atoms with van der Waals surface area (Å²) in [4.78, 5) is 11.8. The highest BCUT2D eigenvalue weighted by atomic mass is 16.7. The Kier molecular flexibility index (Phi) is 6.78. The Morgan fingerprint density at radius 2 is 1.76 bits per heavy atom. The van der Waals surface area contributed by atoms with Gasteiger partial charge in [0.15, 0.2) is 6.29 Å². The molecule has 6 rings (SSSR count). The standard InChI is InChI=1S/C29H44O9/c1-27-8-5-17(37-26-25(34)24(33)23(32)21(13-30)38-26)12-16(27)3-4-20-19(27)6-9-28(2)18(7-10-29(20,28)35)15-11-22(31)36-14-15/h11,16-21,23-26,30,32-35H,3-10,12-14H2,1-2H3/t16-,17-,18+,19+,20+,21+,23+,24-,25+,26+,27-,28+,29-/m0/s1. The molecule has 9 heteroatoms. The lowest BCUT2D eigenvalue weighted by atomic mass is 9.43. The lowest BCUT2D eigenvalue weighted by Crippen LogP contribution is -2.63. The number of hydrogen-bond donors (Lipinski definition) is 5. The van der Waals surface area contributed by atoms with E-state index in [1.54, 1.807) is 6.08 Å². The van der Waals surface area contributed by atoms with Gasteiger partial charge in [0.25, 0.3) is 0 Å². The van der Waals surface area contributed by atoms with Crippen LogP contribution in [-0.4, -0.2) is 87.1 Å². The number of aliphatic hydroxyl groups excluding tert-OH is 4. The monoisotopic (exact) mass is 536 g/mol. The Morgan fingerprint density at radius 3 is 2.47 bits per heavy atom. The van der Waals surface area contributed by atoms with Crippen LogP contribution in [-0.2, 0) is 19.0 Å². The van der Waals surface area contributed by atoms with Gasteiger partial charge in [0, 0.05) is 11.5 Å². The fourth-order valence-electron chi connectivity index (χ4n) is 9.86. The van der Waals surface area contributed by atoms with E-state index in [4.69, 9.17) is 14.2 Å². The van der Waals surface area contributed by atoms with E-state index in [9.17, 15) is 30.3 Å². The highest BCUT2D eigenvalue weighted by Gasteiger charge is 2.67. The number of esters is 1. The summed E-state index contributed by atoms with van der Waals surface area (Å²) in [7, 11) is 0. The lowest BCUT2D eigenvalue weighted by molar-refractivity contribution is -0.317. The molecule has 2 heterocycles. The van der Waals surface area contributed by atoms with Crippen LogP contribution in [0.1, 0.15) is 71.6 Å². The molecule has 13 atom stereocenters. The molecule has 4 saturated carbocycles. The van der Waals surface area contributed by atoms with Crippen LogP contribution in [0.3, 0.4) is 0 Å². The quantitative estimate of drug-likeness (QED) is 0.266. The van der Waals surface area contributed by atoms with Gasteiger partial charge in [-0.2, -0.15) is 0 Å². The van der Waals surface area contributed by atoms with Gasteiger partial charge in [-0.25, -0.2) is 4.79 Å². The molecule has 4 aliphatic carbocycles. The molecule has 0 aromatic rings. The largest absolute Gasteiger partial charge is 0.458 e. The van der Waals surface area contributed by atoms with Crippen LogP contribution in [0, 0.1) is 34.5 Å². The molecule has 38 heavy (non-hydrogen) atoms. The molecule has 9 nitrogen and oxygen atoms in total. The first-order valence-electron chi connectivity index (χ1n) is 14.6. The summed E-state index contributed by atoms with van der Waals surface area (Å²) in [5, 5.41) is 52.6. The van der Waals surface area contributed by atoms with Gasteiger partial charge in [0.2, 0.25) is 0 Å². The number of carbonyl (C=O) groups excluding carboxylic acids is 1. The second-order valence-electron chi connectivity index (χ2n) is 13.5. The molecule has 5 N–H and O–H groups in total. The Morgan fingerprint density at radius 1 is 0.974 bits per heavy atom. The van der Waals surface area contributed by atoms with Crippen molar-refractivity contribution in [2.24, 2.45) is 34.5 Å². The van der Waals surface area contributed by atoms with E-state index in [0.29, 0.717) is 18.4 Å². The third-order valence-corrected chi connectivity index (χ3v) is 12.1. The fraction of sp³-hybridized carbons (Fsp3) is 0.897. The minimum atomic E-state index is -1.44. The van der Waals surface area contributed by atoms with E-state index in [0.717, 1.165) is 63.4 Å². The number of aliphatic hydroxyl groups is 5. The van der Waals surface area contributed by atoms with Gasteiger partial charge in [-0.15, -0.1) is 0 Å². The van der Waals surface area contributed by atoms with E-state index < -0.39 is 42.9 Å². The molecule has 0 unspecified atom stereocenters. The van der Waals surface area contributed by atoms with Gasteiger partial charge in [-0.05, 0) is 92.4 Å². The van der Waals surface area contributed by atoms with E-state index in [2.05, 4.69) is 13.8 Å². The molecule has 214 valence electrons. The number of cyclic esters (lactones) is 1. The zero-order valence-electron chi connectivity index (χ0n) is 22.5. The summed E-state index contributed by atoms with van der Waals surface area (Å²) in [6.45, 7) is 4.52. The number of rotatable bonds is 4. The molecule has 0 radical (unpaired) electrons. The Bertz CT molecular complexity index is 968. The number of ether oxygens (including phenoxy) is 3. The van der Waals surface area contributed by atoms with Crippen molar-refractivity contribution in [1.82, 2.24) is 0 Å². The van der Waals surface area contributed by atoms with Gasteiger partial charge < -0.3 is 39.7 Å². The minimum Gasteiger partial charge on any atom is -0.458 e. The maximum Gasteiger partial charge on any atom is 0.331 e. The molecule has 6 aliphatic rings. The highest BCUT2D eigenvalue weighted by molar-refractivity contribution is 5.85. The molecule has 0 aromatic heterocycles. The van der Waals surface area contributed by atoms with Crippen molar-refractivity contribution in [3.05, 3.63) is 11.6 Å². The second kappa shape index (κ2) is 9.50. The number of carbonyl (C=O) groups is 1. The summed E-state index contributed by atoms with van der Waals surface area (Å²) in [5.41, 5.74) is 0.141. The third kappa shape index (κ3) is 3.87. The predicted octanol–water partition coefficient (Wildman–Crippen LogP) is 1.43. The van der Waals surface area contributed by atoms with Crippen LogP contribution in [0.25, 0.3) is 0 Å². The van der Waals surface area contributed by atoms with Crippen LogP contribution in [0.4, 0.5) is 0 Å². The number of fused-ring (bicyclic) bond motifs is 5. The fourth-order valence-corrected chi connectivity index (χ4v) is 9.86. The molecule has 1 saturated heterocycles. The summed E-state index contributed by atoms with van der Waals surface area (Å²) in [6, 6.07) is 0. The SMILES string of the molecule is C[C@]12CC[C@H](O[C@@H]3O[C@H](CO)[C@@H](O)[C@H](O)[C@H]3O)C[C@@H]1CC[C@@H]1[C@H]2CC[C@]2(C)[C@@H](C3=CC(=O)OC3)CC[C@]12O. The van der Waals surface area contributed by atoms with Crippen LogP contribution in [0.5, 0.6) is 0 Å². The van der Waals surface area contributed by atoms with Crippen LogP contribution >= 0.6 is 0 Å². The predicted molar refractivity (Wildman–Crippen MR) is 134 cm³/mol. The first kappa shape index (κ1) is 27.1. The molecule has 0 amide bonds. The van der Waals surface area contributed by atoms with Crippen molar-refractivity contribution >= 4 is 5.97 Å². The highest BCUT2D eigenvalue weighted by Crippen LogP contribution is 2.70. The smallest absolute Gasteiger partial charge is 0.331 e. The van der Waals surface area contributed by atoms with Crippen molar-refractivity contribution in [1.29, 1.82) is 0 Å². The van der Waals surface area contributed by atoms with Crippen molar-refractivity contribution < 1.29 is 44.5 Å². The van der Waals surface area contributed by atoms with Crippen molar-refractivity contribution in [3.8, 4) is 0 Å². The topological polar surface area (TPSA) is 146 Å². The van der Waals surface area contributed by atoms with Gasteiger partial charge >= 0.3 is 5.97 Å². The molecule has 0 bridgehead atoms. The molecule has 2 aliphatic heterocycles. The van der Waals surface area contributed by atoms with Crippen LogP contribution < -0.4 is 0 Å². The Labute approximate surface area is 224 Å². The third-order valence-electron chi connectivity index (χ3n) is 12.1. The zero-order valence-corrected chi connectivity index (χ0v) is 22.5. The maximum absolute atomic E-state index is 12.4. The Hall–Kier alpha value is -1.07. The van der Waals surface area contributed by atoms with E-state index in [-0.39, 0.29) is 34.7 Å². The summed E-state index contributed by atoms with van der Waals surface area (Å²) in [5.74, 6) is 0.994. The average Bonchev–Trinajstić information content (AvgIpc) is 3.44. The molecule has 0 spiro atoms. The van der Waals surface area contributed by atoms with Gasteiger partial charge in [-0.1, -0.05) is 13.8 Å². The lowest BCUT2D eigenvalue weighted by Gasteiger charge is -2.64. The normalized spacial score (nSPS) is 54.5. The van der Waals surface area contributed by atoms with E-state index >= 15 is 0 Å². The average molecular weight is 537 g/mol. The zero-order chi connectivity index (χ0) is 27.0. The van der Waals surface area contributed by atoms with Crippen LogP contribution in [0.2, 0.25) is 0 Å². The van der Waals surface area contributed by atoms with Crippen molar-refractivity contribution in [2.75, 3.05) is 13.2 Å². The van der Waals surface area contributed by atoms with Gasteiger partial charge in [0.1, 0.15) is 31.0 Å². The number of hydrogen-bond acceptors (Lipinski definition) is 9. The van der Waals surface area contributed by atoms with E-state index in [1.165, 1.54) is 0 Å². The summed E-state index contributed by atoms with van der Waals surface area (Å²) >= 11 is 0. The molecular formula is C29H44O9. The molecule has 0 aromatic carbocycles. The van der Waals surface area contributed by atoms with Gasteiger partial charge in [-0.3, -0.25) is 0 Å². The van der Waals surface area contributed by atoms with Crippen molar-refractivity contribution in [2.45, 2.75) is 114 Å². The van der Waals surface area contributed by atoms with Crippen LogP contribution in [0.15, 0.2) is 11.6 Å². The van der Waals surface area contributed by atoms with Gasteiger partial charge in [0.05, 0.1) is 18.3 Å². The van der Waals surface area contributed by atoms with Crippen molar-refractivity contribution in [3.63, 3.8) is 0 Å². The van der Waals surface area contributed by atoms with E-state index in [1.807, 2.05) is 0 Å². The molecular weight excluding hydrogens is 492 g/mol. The maximum atomic E-state index is 12.4. The minimum absolute atomic E-state index is 0.0823. The molecule has 5 fully saturated rings. The Balaban J connectivity index is 1.15. The summed E-state index contributed by atoms with van der Waals surface area (Å²) in [6.07, 6.45) is 3.41. The first-order valence-corrected chi connectivity index (χ1v) is 14.6. The summed E-state index contributed by atoms with van der Waals surface area (Å²) < 4.78 is 17.0. The second-order valence-corrected chi connectivity index (χ2v) is 13.5.